The summed E-state index contributed by atoms with van der Waals surface area (Å²) in [6, 6.07) is 7.01. The summed E-state index contributed by atoms with van der Waals surface area (Å²) in [6.45, 7) is 5.54. The van der Waals surface area contributed by atoms with E-state index < -0.39 is 11.7 Å². The van der Waals surface area contributed by atoms with Crippen LogP contribution in [0.3, 0.4) is 0 Å². The zero-order valence-corrected chi connectivity index (χ0v) is 19.3. The molecule has 1 aromatic carbocycles. The summed E-state index contributed by atoms with van der Waals surface area (Å²) < 4.78 is 40.5. The molecule has 0 radical (unpaired) electrons. The second kappa shape index (κ2) is 10.2. The quantitative estimate of drug-likeness (QED) is 0.620. The van der Waals surface area contributed by atoms with Gasteiger partial charge in [0.25, 0.3) is 11.8 Å². The molecule has 0 bridgehead atoms. The minimum absolute atomic E-state index is 0.0599. The van der Waals surface area contributed by atoms with E-state index in [0.717, 1.165) is 31.6 Å². The van der Waals surface area contributed by atoms with Gasteiger partial charge in [-0.15, -0.1) is 0 Å². The summed E-state index contributed by atoms with van der Waals surface area (Å²) in [4.78, 5) is 29.4. The molecule has 2 amide bonds. The van der Waals surface area contributed by atoms with Crippen molar-refractivity contribution in [3.63, 3.8) is 0 Å². The molecule has 3 heterocycles. The maximum absolute atomic E-state index is 13.0. The van der Waals surface area contributed by atoms with Gasteiger partial charge in [0.2, 0.25) is 0 Å². The van der Waals surface area contributed by atoms with Crippen molar-refractivity contribution in [2.45, 2.75) is 57.9 Å². The molecule has 7 nitrogen and oxygen atoms in total. The van der Waals surface area contributed by atoms with Gasteiger partial charge in [-0.1, -0.05) is 18.6 Å². The van der Waals surface area contributed by atoms with Crippen molar-refractivity contribution in [1.82, 2.24) is 24.9 Å². The molecule has 0 saturated carbocycles. The molecule has 10 heteroatoms. The molecule has 2 aromatic rings. The Morgan fingerprint density at radius 3 is 2.76 bits per heavy atom. The first-order chi connectivity index (χ1) is 16.2. The molecule has 34 heavy (non-hydrogen) atoms. The first kappa shape index (κ1) is 24.3. The Kier molecular flexibility index (Phi) is 7.25. The molecule has 1 fully saturated rings. The Labute approximate surface area is 196 Å². The lowest BCUT2D eigenvalue weighted by Gasteiger charge is -2.33. The van der Waals surface area contributed by atoms with Gasteiger partial charge in [0.05, 0.1) is 12.1 Å². The molecule has 1 atom stereocenters. The van der Waals surface area contributed by atoms with Crippen LogP contribution in [0, 0.1) is 0 Å². The van der Waals surface area contributed by atoms with Crippen LogP contribution in [-0.2, 0) is 19.3 Å². The molecule has 1 N–H and O–H groups in total. The molecule has 184 valence electrons. The predicted molar refractivity (Wildman–Crippen MR) is 120 cm³/mol. The topological polar surface area (TPSA) is 70.5 Å². The van der Waals surface area contributed by atoms with Crippen molar-refractivity contribution in [1.29, 1.82) is 0 Å². The molecule has 0 unspecified atom stereocenters. The molecule has 2 aliphatic rings. The van der Waals surface area contributed by atoms with E-state index in [2.05, 4.69) is 22.2 Å². The third-order valence-electron chi connectivity index (χ3n) is 6.58. The molecule has 4 rings (SSSR count). The summed E-state index contributed by atoms with van der Waals surface area (Å²) in [5.41, 5.74) is 0.103. The minimum Gasteiger partial charge on any atom is -0.351 e. The number of benzene rings is 1. The third-order valence-corrected chi connectivity index (χ3v) is 6.58. The van der Waals surface area contributed by atoms with E-state index in [1.807, 2.05) is 0 Å². The number of hydrogen-bond acceptors (Lipinski definition) is 4. The fourth-order valence-electron chi connectivity index (χ4n) is 4.63. The Morgan fingerprint density at radius 2 is 2.00 bits per heavy atom. The van der Waals surface area contributed by atoms with E-state index in [4.69, 9.17) is 0 Å². The predicted octanol–water partition coefficient (Wildman–Crippen LogP) is 3.55. The van der Waals surface area contributed by atoms with Crippen LogP contribution in [0.25, 0.3) is 0 Å². The van der Waals surface area contributed by atoms with Gasteiger partial charge in [0, 0.05) is 38.3 Å². The van der Waals surface area contributed by atoms with Gasteiger partial charge in [-0.25, -0.2) is 0 Å². The summed E-state index contributed by atoms with van der Waals surface area (Å²) in [6.07, 6.45) is 0.110. The average Bonchev–Trinajstić information content (AvgIpc) is 3.25. The fourth-order valence-corrected chi connectivity index (χ4v) is 4.63. The molecular formula is C24H30F3N5O2. The number of amides is 2. The molecular weight excluding hydrogens is 447 g/mol. The second-order valence-electron chi connectivity index (χ2n) is 9.05. The van der Waals surface area contributed by atoms with Gasteiger partial charge >= 0.3 is 6.18 Å². The van der Waals surface area contributed by atoms with Gasteiger partial charge in [-0.05, 0) is 50.4 Å². The van der Waals surface area contributed by atoms with E-state index in [9.17, 15) is 22.8 Å². The van der Waals surface area contributed by atoms with Gasteiger partial charge < -0.3 is 15.1 Å². The van der Waals surface area contributed by atoms with Crippen molar-refractivity contribution >= 4 is 11.8 Å². The number of halogens is 3. The number of carbonyl (C=O) groups is 2. The number of piperidine rings is 1. The number of fused-ring (bicyclic) bond motifs is 1. The Hall–Kier alpha value is -2.88. The van der Waals surface area contributed by atoms with E-state index in [1.54, 1.807) is 6.07 Å². The molecule has 1 saturated heterocycles. The molecule has 0 aliphatic carbocycles. The number of likely N-dealkylation sites (tertiary alicyclic amines) is 1. The van der Waals surface area contributed by atoms with Crippen LogP contribution >= 0.6 is 0 Å². The van der Waals surface area contributed by atoms with Crippen LogP contribution in [-0.4, -0.2) is 63.6 Å². The highest BCUT2D eigenvalue weighted by atomic mass is 19.4. The van der Waals surface area contributed by atoms with Crippen LogP contribution in [0.2, 0.25) is 0 Å². The summed E-state index contributed by atoms with van der Waals surface area (Å²) in [5, 5.41) is 7.14. The van der Waals surface area contributed by atoms with Gasteiger partial charge in [-0.3, -0.25) is 14.3 Å². The smallest absolute Gasteiger partial charge is 0.351 e. The van der Waals surface area contributed by atoms with Gasteiger partial charge in [-0.2, -0.15) is 18.3 Å². The van der Waals surface area contributed by atoms with Crippen molar-refractivity contribution in [2.75, 3.05) is 26.2 Å². The summed E-state index contributed by atoms with van der Waals surface area (Å²) in [5.74, 6) is -0.680. The number of hydrogen-bond donors (Lipinski definition) is 1. The highest BCUT2D eigenvalue weighted by molar-refractivity contribution is 5.98. The van der Waals surface area contributed by atoms with Crippen molar-refractivity contribution in [3.8, 4) is 0 Å². The number of nitrogens with one attached hydrogen (secondary N) is 1. The van der Waals surface area contributed by atoms with Crippen LogP contribution in [0.15, 0.2) is 30.3 Å². The SMILES string of the molecule is C[C@H]1CCCCN1CCCNC(=O)c1cc2n(n1)CCN(Cc1cccc(C(F)(F)F)c1)C2=O. The van der Waals surface area contributed by atoms with E-state index in [0.29, 0.717) is 31.2 Å². The number of carbonyl (C=O) groups excluding carboxylic acids is 2. The fraction of sp³-hybridized carbons (Fsp3) is 0.542. The highest BCUT2D eigenvalue weighted by Gasteiger charge is 2.31. The van der Waals surface area contributed by atoms with E-state index in [1.165, 1.54) is 41.0 Å². The van der Waals surface area contributed by atoms with Crippen LogP contribution in [0.5, 0.6) is 0 Å². The highest BCUT2D eigenvalue weighted by Crippen LogP contribution is 2.30. The second-order valence-corrected chi connectivity index (χ2v) is 9.05. The number of aromatic nitrogens is 2. The van der Waals surface area contributed by atoms with Crippen molar-refractivity contribution in [3.05, 3.63) is 52.8 Å². The van der Waals surface area contributed by atoms with Gasteiger partial charge in [0.15, 0.2) is 5.69 Å². The Bertz CT molecular complexity index is 1040. The number of nitrogens with zero attached hydrogens (tertiary/aromatic N) is 4. The lowest BCUT2D eigenvalue weighted by atomic mass is 10.0. The zero-order valence-electron chi connectivity index (χ0n) is 19.3. The molecule has 1 aromatic heterocycles. The maximum atomic E-state index is 13.0. The van der Waals surface area contributed by atoms with Crippen molar-refractivity contribution < 1.29 is 22.8 Å². The largest absolute Gasteiger partial charge is 0.416 e. The third kappa shape index (κ3) is 5.60. The number of alkyl halides is 3. The van der Waals surface area contributed by atoms with Crippen LogP contribution in [0.4, 0.5) is 13.2 Å². The van der Waals surface area contributed by atoms with Gasteiger partial charge in [0.1, 0.15) is 5.69 Å². The Balaban J connectivity index is 1.32. The van der Waals surface area contributed by atoms with Crippen molar-refractivity contribution in [2.24, 2.45) is 0 Å². The maximum Gasteiger partial charge on any atom is 0.416 e. The summed E-state index contributed by atoms with van der Waals surface area (Å²) >= 11 is 0. The van der Waals surface area contributed by atoms with Crippen LogP contribution in [0.1, 0.15) is 64.7 Å². The molecule has 2 aliphatic heterocycles. The normalized spacial score (nSPS) is 19.2. The lowest BCUT2D eigenvalue weighted by Crippen LogP contribution is -2.39. The zero-order chi connectivity index (χ0) is 24.3. The van der Waals surface area contributed by atoms with E-state index >= 15 is 0 Å². The average molecular weight is 478 g/mol. The van der Waals surface area contributed by atoms with E-state index in [-0.39, 0.29) is 29.7 Å². The monoisotopic (exact) mass is 477 g/mol. The number of rotatable bonds is 7. The first-order valence-corrected chi connectivity index (χ1v) is 11.8. The minimum atomic E-state index is -4.44. The standard InChI is InChI=1S/C24H30F3N5O2/c1-17-6-2-3-10-30(17)11-5-9-28-22(33)20-15-21-23(34)31(12-13-32(21)29-20)16-18-7-4-8-19(14-18)24(25,26)27/h4,7-8,14-15,17H,2-3,5-6,9-13,16H2,1H3,(H,28,33)/t17-/m0/s1. The van der Waals surface area contributed by atoms with Crippen LogP contribution < -0.4 is 5.32 Å². The Morgan fingerprint density at radius 1 is 1.18 bits per heavy atom. The first-order valence-electron chi connectivity index (χ1n) is 11.8. The summed E-state index contributed by atoms with van der Waals surface area (Å²) in [7, 11) is 0. The molecule has 0 spiro atoms. The lowest BCUT2D eigenvalue weighted by molar-refractivity contribution is -0.137.